The molecule has 0 amide bonds. The van der Waals surface area contributed by atoms with Crippen LogP contribution in [0.5, 0.6) is 0 Å². The van der Waals surface area contributed by atoms with Gasteiger partial charge in [-0.1, -0.05) is 0 Å². The van der Waals surface area contributed by atoms with Gasteiger partial charge in [0.25, 0.3) is 0 Å². The molecular formula is C14H25N. The summed E-state index contributed by atoms with van der Waals surface area (Å²) in [7, 11) is 4.45. The summed E-state index contributed by atoms with van der Waals surface area (Å²) in [6, 6.07) is 0. The van der Waals surface area contributed by atoms with Crippen LogP contribution in [0.2, 0.25) is 0 Å². The minimum Gasteiger partial charge on any atom is -0.309 e. The van der Waals surface area contributed by atoms with Crippen LogP contribution in [0.25, 0.3) is 0 Å². The molecule has 0 N–H and O–H groups in total. The maximum absolute atomic E-state index is 2.37. The normalized spacial score (nSPS) is 47.8. The van der Waals surface area contributed by atoms with Crippen LogP contribution in [0, 0.1) is 23.2 Å². The van der Waals surface area contributed by atoms with Gasteiger partial charge < -0.3 is 4.90 Å². The third kappa shape index (κ3) is 1.84. The van der Waals surface area contributed by atoms with Gasteiger partial charge in [-0.2, -0.15) is 0 Å². The Labute approximate surface area is 94.2 Å². The highest BCUT2D eigenvalue weighted by Crippen LogP contribution is 2.61. The fourth-order valence-electron chi connectivity index (χ4n) is 5.06. The van der Waals surface area contributed by atoms with Crippen molar-refractivity contribution in [2.45, 2.75) is 44.9 Å². The van der Waals surface area contributed by atoms with Crippen molar-refractivity contribution in [2.75, 3.05) is 20.6 Å². The highest BCUT2D eigenvalue weighted by Gasteiger charge is 2.50. The first-order valence-electron chi connectivity index (χ1n) is 6.80. The minimum absolute atomic E-state index is 0.791. The second-order valence-electron chi connectivity index (χ2n) is 6.97. The van der Waals surface area contributed by atoms with Crippen molar-refractivity contribution in [2.24, 2.45) is 23.2 Å². The predicted octanol–water partition coefficient (Wildman–Crippen LogP) is 3.15. The molecule has 0 aromatic carbocycles. The molecule has 4 bridgehead atoms. The first-order valence-corrected chi connectivity index (χ1v) is 6.80. The van der Waals surface area contributed by atoms with Gasteiger partial charge in [-0.25, -0.2) is 0 Å². The summed E-state index contributed by atoms with van der Waals surface area (Å²) in [6.45, 7) is 1.31. The van der Waals surface area contributed by atoms with Crippen molar-refractivity contribution in [1.82, 2.24) is 4.90 Å². The van der Waals surface area contributed by atoms with Gasteiger partial charge in [0.05, 0.1) is 0 Å². The molecule has 86 valence electrons. The number of hydrogen-bond acceptors (Lipinski definition) is 1. The number of hydrogen-bond donors (Lipinski definition) is 0. The number of nitrogens with zero attached hydrogens (tertiary/aromatic N) is 1. The SMILES string of the molecule is CN(C)CCC12CC3CC(CC(C3)C1)C2. The van der Waals surface area contributed by atoms with E-state index in [9.17, 15) is 0 Å². The molecule has 1 nitrogen and oxygen atoms in total. The van der Waals surface area contributed by atoms with Crippen molar-refractivity contribution >= 4 is 0 Å². The third-order valence-electron chi connectivity index (χ3n) is 5.25. The molecule has 0 radical (unpaired) electrons. The lowest BCUT2D eigenvalue weighted by Crippen LogP contribution is -2.46. The van der Waals surface area contributed by atoms with Crippen LogP contribution in [-0.4, -0.2) is 25.5 Å². The predicted molar refractivity (Wildman–Crippen MR) is 63.8 cm³/mol. The van der Waals surface area contributed by atoms with E-state index in [0.29, 0.717) is 0 Å². The van der Waals surface area contributed by atoms with Crippen LogP contribution in [0.4, 0.5) is 0 Å². The van der Waals surface area contributed by atoms with Crippen molar-refractivity contribution < 1.29 is 0 Å². The highest BCUT2D eigenvalue weighted by molar-refractivity contribution is 5.01. The van der Waals surface area contributed by atoms with Crippen LogP contribution in [0.3, 0.4) is 0 Å². The largest absolute Gasteiger partial charge is 0.309 e. The van der Waals surface area contributed by atoms with E-state index < -0.39 is 0 Å². The van der Waals surface area contributed by atoms with Crippen LogP contribution >= 0.6 is 0 Å². The minimum atomic E-state index is 0.791. The third-order valence-corrected chi connectivity index (χ3v) is 5.25. The summed E-state index contributed by atoms with van der Waals surface area (Å²) in [5.74, 6) is 3.37. The molecule has 4 rings (SSSR count). The Bertz CT molecular complexity index is 208. The van der Waals surface area contributed by atoms with Gasteiger partial charge >= 0.3 is 0 Å². The van der Waals surface area contributed by atoms with E-state index >= 15 is 0 Å². The molecule has 0 spiro atoms. The van der Waals surface area contributed by atoms with E-state index in [0.717, 1.165) is 23.2 Å². The summed E-state index contributed by atoms with van der Waals surface area (Å²) in [5, 5.41) is 0. The Hall–Kier alpha value is -0.0400. The second kappa shape index (κ2) is 3.48. The van der Waals surface area contributed by atoms with Crippen LogP contribution in [0.15, 0.2) is 0 Å². The summed E-state index contributed by atoms with van der Waals surface area (Å²) in [6.07, 6.45) is 11.0. The first kappa shape index (κ1) is 10.1. The topological polar surface area (TPSA) is 3.24 Å². The molecule has 0 aromatic rings. The Morgan fingerprint density at radius 1 is 0.933 bits per heavy atom. The number of rotatable bonds is 3. The summed E-state index contributed by atoms with van der Waals surface area (Å²) in [5.41, 5.74) is 0.791. The van der Waals surface area contributed by atoms with Gasteiger partial charge in [-0.05, 0) is 88.8 Å². The second-order valence-corrected chi connectivity index (χ2v) is 6.97. The Morgan fingerprint density at radius 3 is 1.80 bits per heavy atom. The van der Waals surface area contributed by atoms with Crippen molar-refractivity contribution in [1.29, 1.82) is 0 Å². The fraction of sp³-hybridized carbons (Fsp3) is 1.00. The van der Waals surface area contributed by atoms with Gasteiger partial charge in [0.1, 0.15) is 0 Å². The maximum atomic E-state index is 2.37. The lowest BCUT2D eigenvalue weighted by atomic mass is 9.49. The molecule has 1 heteroatoms. The Kier molecular flexibility index (Phi) is 2.35. The highest BCUT2D eigenvalue weighted by atomic mass is 15.0. The van der Waals surface area contributed by atoms with E-state index in [4.69, 9.17) is 0 Å². The van der Waals surface area contributed by atoms with Crippen molar-refractivity contribution in [3.63, 3.8) is 0 Å². The van der Waals surface area contributed by atoms with Crippen LogP contribution < -0.4 is 0 Å². The molecule has 0 saturated heterocycles. The molecule has 0 heterocycles. The van der Waals surface area contributed by atoms with Gasteiger partial charge in [-0.3, -0.25) is 0 Å². The van der Waals surface area contributed by atoms with Crippen LogP contribution in [-0.2, 0) is 0 Å². The lowest BCUT2D eigenvalue weighted by Gasteiger charge is -2.57. The van der Waals surface area contributed by atoms with Gasteiger partial charge in [0.2, 0.25) is 0 Å². The zero-order valence-electron chi connectivity index (χ0n) is 10.3. The Morgan fingerprint density at radius 2 is 1.40 bits per heavy atom. The van der Waals surface area contributed by atoms with Gasteiger partial charge in [0, 0.05) is 0 Å². The quantitative estimate of drug-likeness (QED) is 0.687. The summed E-state index contributed by atoms with van der Waals surface area (Å²) < 4.78 is 0. The van der Waals surface area contributed by atoms with E-state index in [1.165, 1.54) is 13.0 Å². The van der Waals surface area contributed by atoms with Crippen LogP contribution in [0.1, 0.15) is 44.9 Å². The van der Waals surface area contributed by atoms with E-state index in [2.05, 4.69) is 19.0 Å². The summed E-state index contributed by atoms with van der Waals surface area (Å²) in [4.78, 5) is 2.37. The molecule has 4 aliphatic carbocycles. The van der Waals surface area contributed by atoms with E-state index in [1.807, 2.05) is 0 Å². The Balaban J connectivity index is 1.70. The molecule has 4 fully saturated rings. The molecule has 0 aliphatic heterocycles. The molecule has 4 saturated carbocycles. The maximum Gasteiger partial charge on any atom is -0.00195 e. The van der Waals surface area contributed by atoms with Crippen molar-refractivity contribution in [3.05, 3.63) is 0 Å². The molecule has 0 aromatic heterocycles. The standard InChI is InChI=1S/C14H25N/c1-15(2)4-3-14-8-11-5-12(9-14)7-13(6-11)10-14/h11-13H,3-10H2,1-2H3. The van der Waals surface area contributed by atoms with Gasteiger partial charge in [-0.15, -0.1) is 0 Å². The molecule has 15 heavy (non-hydrogen) atoms. The fourth-order valence-corrected chi connectivity index (χ4v) is 5.06. The molecule has 0 atom stereocenters. The molecular weight excluding hydrogens is 182 g/mol. The molecule has 4 aliphatic rings. The average Bonchev–Trinajstić information content (AvgIpc) is 2.12. The average molecular weight is 207 g/mol. The smallest absolute Gasteiger partial charge is 0.00195 e. The van der Waals surface area contributed by atoms with Crippen molar-refractivity contribution in [3.8, 4) is 0 Å². The lowest BCUT2D eigenvalue weighted by molar-refractivity contribution is -0.0596. The molecule has 0 unspecified atom stereocenters. The van der Waals surface area contributed by atoms with E-state index in [1.54, 1.807) is 38.5 Å². The zero-order chi connectivity index (χ0) is 10.5. The van der Waals surface area contributed by atoms with E-state index in [-0.39, 0.29) is 0 Å². The monoisotopic (exact) mass is 207 g/mol. The zero-order valence-corrected chi connectivity index (χ0v) is 10.3. The first-order chi connectivity index (χ1) is 7.15. The van der Waals surface area contributed by atoms with Gasteiger partial charge in [0.15, 0.2) is 0 Å². The summed E-state index contributed by atoms with van der Waals surface area (Å²) >= 11 is 0.